The van der Waals surface area contributed by atoms with Crippen LogP contribution in [0.25, 0.3) is 0 Å². The molecule has 1 rings (SSSR count). The molecule has 0 radical (unpaired) electrons. The largest absolute Gasteiger partial charge is 0.491 e. The first-order valence-corrected chi connectivity index (χ1v) is 8.69. The van der Waals surface area contributed by atoms with Crippen molar-refractivity contribution in [3.8, 4) is 5.75 Å². The Balaban J connectivity index is 0.00000441. The molecule has 0 aliphatic rings. The molecule has 6 heteroatoms. The Kier molecular flexibility index (Phi) is 11.1. The minimum Gasteiger partial charge on any atom is -0.491 e. The molecule has 1 amide bonds. The Morgan fingerprint density at radius 1 is 1.36 bits per heavy atom. The normalized spacial score (nSPS) is 11.7. The van der Waals surface area contributed by atoms with E-state index in [9.17, 15) is 4.79 Å². The van der Waals surface area contributed by atoms with Crippen molar-refractivity contribution >= 4 is 30.1 Å². The van der Waals surface area contributed by atoms with Gasteiger partial charge in [0, 0.05) is 0 Å². The van der Waals surface area contributed by atoms with E-state index in [0.29, 0.717) is 25.5 Å². The van der Waals surface area contributed by atoms with E-state index in [1.165, 1.54) is 5.56 Å². The summed E-state index contributed by atoms with van der Waals surface area (Å²) in [6.07, 6.45) is 2.70. The number of hydrogen-bond donors (Lipinski definition) is 2. The average Bonchev–Trinajstić information content (AvgIpc) is 2.49. The number of carbonyl (C=O) groups is 1. The smallest absolute Gasteiger partial charge is 0.237 e. The minimum absolute atomic E-state index is 0. The predicted octanol–water partition coefficient (Wildman–Crippen LogP) is 2.81. The van der Waals surface area contributed by atoms with Crippen molar-refractivity contribution in [2.24, 2.45) is 5.73 Å². The maximum Gasteiger partial charge on any atom is 0.237 e. The van der Waals surface area contributed by atoms with Crippen molar-refractivity contribution in [3.05, 3.63) is 29.8 Å². The highest BCUT2D eigenvalue weighted by molar-refractivity contribution is 7.98. The van der Waals surface area contributed by atoms with Crippen LogP contribution >= 0.6 is 24.2 Å². The molecular formula is C16H27ClN2O2S. The number of nitrogens with one attached hydrogen (secondary N) is 1. The number of rotatable bonds is 9. The Hall–Kier alpha value is -0.910. The summed E-state index contributed by atoms with van der Waals surface area (Å²) in [5, 5.41) is 2.81. The number of halogens is 1. The minimum atomic E-state index is -0.430. The van der Waals surface area contributed by atoms with Gasteiger partial charge < -0.3 is 15.8 Å². The van der Waals surface area contributed by atoms with Crippen molar-refractivity contribution in [3.63, 3.8) is 0 Å². The van der Waals surface area contributed by atoms with E-state index >= 15 is 0 Å². The van der Waals surface area contributed by atoms with E-state index in [0.717, 1.165) is 11.5 Å². The van der Waals surface area contributed by atoms with Gasteiger partial charge in [0.25, 0.3) is 0 Å². The molecule has 0 aliphatic heterocycles. The molecule has 0 spiro atoms. The third kappa shape index (κ3) is 7.38. The molecule has 0 aliphatic carbocycles. The Morgan fingerprint density at radius 3 is 2.68 bits per heavy atom. The van der Waals surface area contributed by atoms with Crippen LogP contribution in [0.1, 0.15) is 31.7 Å². The van der Waals surface area contributed by atoms with Gasteiger partial charge in [0.2, 0.25) is 5.91 Å². The zero-order chi connectivity index (χ0) is 15.7. The van der Waals surface area contributed by atoms with Gasteiger partial charge in [-0.15, -0.1) is 12.4 Å². The third-order valence-corrected chi connectivity index (χ3v) is 3.81. The van der Waals surface area contributed by atoms with E-state index in [-0.39, 0.29) is 18.3 Å². The van der Waals surface area contributed by atoms with Crippen molar-refractivity contribution in [2.45, 2.75) is 32.2 Å². The molecule has 126 valence electrons. The SMILES string of the molecule is CSCC[C@H](N)C(=O)NCCOc1ccccc1C(C)C.Cl. The average molecular weight is 347 g/mol. The predicted molar refractivity (Wildman–Crippen MR) is 97.3 cm³/mol. The number of para-hydroxylation sites is 1. The number of hydrogen-bond acceptors (Lipinski definition) is 4. The van der Waals surface area contributed by atoms with Gasteiger partial charge in [-0.25, -0.2) is 0 Å². The maximum absolute atomic E-state index is 11.7. The van der Waals surface area contributed by atoms with Gasteiger partial charge in [0.1, 0.15) is 12.4 Å². The summed E-state index contributed by atoms with van der Waals surface area (Å²) < 4.78 is 5.75. The molecule has 0 fully saturated rings. The highest BCUT2D eigenvalue weighted by Gasteiger charge is 2.12. The summed E-state index contributed by atoms with van der Waals surface area (Å²) in [6.45, 7) is 5.19. The molecule has 1 atom stereocenters. The molecule has 0 heterocycles. The number of carbonyl (C=O) groups excluding carboxylic acids is 1. The molecule has 22 heavy (non-hydrogen) atoms. The zero-order valence-electron chi connectivity index (χ0n) is 13.5. The zero-order valence-corrected chi connectivity index (χ0v) is 15.1. The van der Waals surface area contributed by atoms with Crippen molar-refractivity contribution in [1.29, 1.82) is 0 Å². The van der Waals surface area contributed by atoms with Crippen LogP contribution in [0.5, 0.6) is 5.75 Å². The summed E-state index contributed by atoms with van der Waals surface area (Å²) in [5.74, 6) is 2.08. The fraction of sp³-hybridized carbons (Fsp3) is 0.562. The second-order valence-electron chi connectivity index (χ2n) is 5.22. The van der Waals surface area contributed by atoms with Crippen molar-refractivity contribution < 1.29 is 9.53 Å². The molecule has 3 N–H and O–H groups in total. The monoisotopic (exact) mass is 346 g/mol. The summed E-state index contributed by atoms with van der Waals surface area (Å²) in [4.78, 5) is 11.7. The van der Waals surface area contributed by atoms with Gasteiger partial charge in [0.15, 0.2) is 0 Å². The molecule has 0 bridgehead atoms. The van der Waals surface area contributed by atoms with Crippen molar-refractivity contribution in [2.75, 3.05) is 25.2 Å². The van der Waals surface area contributed by atoms with Crippen LogP contribution in [0.3, 0.4) is 0 Å². The molecule has 4 nitrogen and oxygen atoms in total. The lowest BCUT2D eigenvalue weighted by Gasteiger charge is -2.15. The van der Waals surface area contributed by atoms with E-state index in [4.69, 9.17) is 10.5 Å². The standard InChI is InChI=1S/C16H26N2O2S.ClH/c1-12(2)13-6-4-5-7-15(13)20-10-9-18-16(19)14(17)8-11-21-3;/h4-7,12,14H,8-11,17H2,1-3H3,(H,18,19);1H/t14-;/m0./s1. The van der Waals surface area contributed by atoms with Gasteiger partial charge in [-0.1, -0.05) is 32.0 Å². The first-order valence-electron chi connectivity index (χ1n) is 7.30. The number of thioether (sulfide) groups is 1. The van der Waals surface area contributed by atoms with E-state index in [1.807, 2.05) is 24.5 Å². The molecule has 0 saturated carbocycles. The van der Waals surface area contributed by atoms with Gasteiger partial charge in [-0.2, -0.15) is 11.8 Å². The fourth-order valence-electron chi connectivity index (χ4n) is 1.93. The number of amides is 1. The molecule has 0 unspecified atom stereocenters. The summed E-state index contributed by atoms with van der Waals surface area (Å²) in [5.41, 5.74) is 6.98. The first kappa shape index (κ1) is 21.1. The van der Waals surface area contributed by atoms with Crippen LogP contribution in [-0.4, -0.2) is 37.1 Å². The topological polar surface area (TPSA) is 64.4 Å². The lowest BCUT2D eigenvalue weighted by molar-refractivity contribution is -0.122. The highest BCUT2D eigenvalue weighted by Crippen LogP contribution is 2.25. The van der Waals surface area contributed by atoms with Crippen LogP contribution in [0.2, 0.25) is 0 Å². The summed E-state index contributed by atoms with van der Waals surface area (Å²) in [7, 11) is 0. The van der Waals surface area contributed by atoms with Gasteiger partial charge in [-0.3, -0.25) is 4.79 Å². The fourth-order valence-corrected chi connectivity index (χ4v) is 2.42. The van der Waals surface area contributed by atoms with E-state index in [1.54, 1.807) is 11.8 Å². The van der Waals surface area contributed by atoms with Crippen LogP contribution in [0.4, 0.5) is 0 Å². The van der Waals surface area contributed by atoms with Crippen LogP contribution < -0.4 is 15.8 Å². The summed E-state index contributed by atoms with van der Waals surface area (Å²) >= 11 is 1.69. The number of benzene rings is 1. The lowest BCUT2D eigenvalue weighted by atomic mass is 10.0. The summed E-state index contributed by atoms with van der Waals surface area (Å²) in [6, 6.07) is 7.56. The maximum atomic E-state index is 11.7. The van der Waals surface area contributed by atoms with Gasteiger partial charge in [-0.05, 0) is 36.0 Å². The van der Waals surface area contributed by atoms with Crippen LogP contribution in [-0.2, 0) is 4.79 Å². The second-order valence-corrected chi connectivity index (χ2v) is 6.21. The Morgan fingerprint density at radius 2 is 2.05 bits per heavy atom. The molecular weight excluding hydrogens is 320 g/mol. The third-order valence-electron chi connectivity index (χ3n) is 3.17. The van der Waals surface area contributed by atoms with E-state index in [2.05, 4.69) is 25.2 Å². The van der Waals surface area contributed by atoms with Crippen molar-refractivity contribution in [1.82, 2.24) is 5.32 Å². The molecule has 0 saturated heterocycles. The van der Waals surface area contributed by atoms with E-state index < -0.39 is 6.04 Å². The number of ether oxygens (including phenoxy) is 1. The number of nitrogens with two attached hydrogens (primary N) is 1. The van der Waals surface area contributed by atoms with Gasteiger partial charge >= 0.3 is 0 Å². The highest BCUT2D eigenvalue weighted by atomic mass is 35.5. The van der Waals surface area contributed by atoms with Crippen LogP contribution in [0, 0.1) is 0 Å². The quantitative estimate of drug-likeness (QED) is 0.675. The molecule has 1 aromatic carbocycles. The first-order chi connectivity index (χ1) is 10.1. The Labute approximate surface area is 144 Å². The van der Waals surface area contributed by atoms with Gasteiger partial charge in [0.05, 0.1) is 12.6 Å². The molecule has 0 aromatic heterocycles. The Bertz CT molecular complexity index is 444. The lowest BCUT2D eigenvalue weighted by Crippen LogP contribution is -2.42. The van der Waals surface area contributed by atoms with Crippen LogP contribution in [0.15, 0.2) is 24.3 Å². The molecule has 1 aromatic rings. The second kappa shape index (κ2) is 11.6.